The van der Waals surface area contributed by atoms with Gasteiger partial charge in [0.2, 0.25) is 15.9 Å². The van der Waals surface area contributed by atoms with Crippen LogP contribution in [0.2, 0.25) is 0 Å². The summed E-state index contributed by atoms with van der Waals surface area (Å²) < 4.78 is 26.6. The van der Waals surface area contributed by atoms with Crippen LogP contribution in [0.5, 0.6) is 0 Å². The molecule has 0 radical (unpaired) electrons. The van der Waals surface area contributed by atoms with E-state index in [1.807, 2.05) is 6.07 Å². The quantitative estimate of drug-likeness (QED) is 0.752. The Balaban J connectivity index is 1.88. The average molecular weight is 346 g/mol. The van der Waals surface area contributed by atoms with Crippen LogP contribution in [0.25, 0.3) is 0 Å². The Bertz CT molecular complexity index is 815. The van der Waals surface area contributed by atoms with Crippen LogP contribution in [0.1, 0.15) is 23.7 Å². The van der Waals surface area contributed by atoms with E-state index in [1.54, 1.807) is 24.3 Å². The maximum absolute atomic E-state index is 12.1. The van der Waals surface area contributed by atoms with Gasteiger partial charge in [-0.05, 0) is 31.2 Å². The lowest BCUT2D eigenvalue weighted by atomic mass is 10.2. The highest BCUT2D eigenvalue weighted by Crippen LogP contribution is 2.11. The molecule has 2 rings (SSSR count). The molecule has 0 unspecified atom stereocenters. The minimum Gasteiger partial charge on any atom is -0.326 e. The Morgan fingerprint density at radius 3 is 2.17 bits per heavy atom. The number of Topliss-reactive ketones (excluding diaryl/α,β-unsaturated/α-hetero) is 1. The molecule has 0 aromatic heterocycles. The van der Waals surface area contributed by atoms with Gasteiger partial charge in [-0.15, -0.1) is 0 Å². The normalized spacial score (nSPS) is 11.0. The third-order valence-electron chi connectivity index (χ3n) is 3.27. The predicted molar refractivity (Wildman–Crippen MR) is 91.3 cm³/mol. The Hall–Kier alpha value is -2.51. The fraction of sp³-hybridized carbons (Fsp3) is 0.176. The number of carbonyl (C=O) groups is 2. The molecule has 2 aromatic carbocycles. The number of nitrogens with one attached hydrogen (secondary N) is 2. The number of amides is 1. The summed E-state index contributed by atoms with van der Waals surface area (Å²) in [6, 6.07) is 14.6. The van der Waals surface area contributed by atoms with Crippen molar-refractivity contribution in [1.29, 1.82) is 0 Å². The summed E-state index contributed by atoms with van der Waals surface area (Å²) in [5.74, 6) is -0.416. The molecule has 2 N–H and O–H groups in total. The number of sulfonamides is 1. The van der Waals surface area contributed by atoms with E-state index < -0.39 is 10.0 Å². The van der Waals surface area contributed by atoms with E-state index in [0.29, 0.717) is 11.3 Å². The van der Waals surface area contributed by atoms with Crippen molar-refractivity contribution >= 4 is 27.4 Å². The van der Waals surface area contributed by atoms with Gasteiger partial charge < -0.3 is 5.32 Å². The Kier molecular flexibility index (Phi) is 5.83. The van der Waals surface area contributed by atoms with E-state index in [9.17, 15) is 18.0 Å². The van der Waals surface area contributed by atoms with Crippen molar-refractivity contribution in [2.75, 3.05) is 11.9 Å². The van der Waals surface area contributed by atoms with Gasteiger partial charge in [0.05, 0.1) is 4.90 Å². The maximum Gasteiger partial charge on any atom is 0.240 e. The number of carbonyl (C=O) groups excluding carboxylic acids is 2. The van der Waals surface area contributed by atoms with Gasteiger partial charge >= 0.3 is 0 Å². The molecule has 0 saturated heterocycles. The number of rotatable bonds is 7. The van der Waals surface area contributed by atoms with Gasteiger partial charge in [-0.1, -0.05) is 30.3 Å². The van der Waals surface area contributed by atoms with E-state index in [4.69, 9.17) is 0 Å². The van der Waals surface area contributed by atoms with Crippen molar-refractivity contribution in [2.45, 2.75) is 18.2 Å². The van der Waals surface area contributed by atoms with Crippen LogP contribution in [-0.4, -0.2) is 26.7 Å². The van der Waals surface area contributed by atoms with Crippen molar-refractivity contribution in [2.24, 2.45) is 0 Å². The van der Waals surface area contributed by atoms with Crippen molar-refractivity contribution in [3.63, 3.8) is 0 Å². The van der Waals surface area contributed by atoms with Crippen molar-refractivity contribution < 1.29 is 18.0 Å². The van der Waals surface area contributed by atoms with Gasteiger partial charge in [0.1, 0.15) is 0 Å². The molecule has 126 valence electrons. The summed E-state index contributed by atoms with van der Waals surface area (Å²) in [6.45, 7) is 1.39. The zero-order valence-corrected chi connectivity index (χ0v) is 14.0. The molecule has 7 heteroatoms. The molecule has 0 saturated carbocycles. The number of hydrogen-bond donors (Lipinski definition) is 2. The molecule has 2 aromatic rings. The second-order valence-corrected chi connectivity index (χ2v) is 6.91. The first kappa shape index (κ1) is 17.8. The van der Waals surface area contributed by atoms with Gasteiger partial charge in [-0.25, -0.2) is 13.1 Å². The Morgan fingerprint density at radius 2 is 1.58 bits per heavy atom. The van der Waals surface area contributed by atoms with Crippen molar-refractivity contribution in [3.05, 3.63) is 60.2 Å². The average Bonchev–Trinajstić information content (AvgIpc) is 2.55. The first-order valence-electron chi connectivity index (χ1n) is 7.34. The predicted octanol–water partition coefficient (Wildman–Crippen LogP) is 2.20. The number of benzene rings is 2. The number of ketones is 1. The fourth-order valence-corrected chi connectivity index (χ4v) is 3.03. The van der Waals surface area contributed by atoms with E-state index in [2.05, 4.69) is 10.0 Å². The molecule has 0 spiro atoms. The molecular weight excluding hydrogens is 328 g/mol. The maximum atomic E-state index is 12.1. The summed E-state index contributed by atoms with van der Waals surface area (Å²) in [5.41, 5.74) is 1.10. The third kappa shape index (κ3) is 5.00. The summed E-state index contributed by atoms with van der Waals surface area (Å²) in [6.07, 6.45) is 0.0135. The summed E-state index contributed by atoms with van der Waals surface area (Å²) in [7, 11) is -3.71. The highest BCUT2D eigenvalue weighted by Gasteiger charge is 2.14. The van der Waals surface area contributed by atoms with Crippen LogP contribution in [0, 0.1) is 0 Å². The van der Waals surface area contributed by atoms with E-state index in [-0.39, 0.29) is 29.6 Å². The summed E-state index contributed by atoms with van der Waals surface area (Å²) in [5, 5.41) is 2.68. The van der Waals surface area contributed by atoms with Crippen LogP contribution in [0.4, 0.5) is 5.69 Å². The second kappa shape index (κ2) is 7.85. The molecule has 6 nitrogen and oxygen atoms in total. The zero-order valence-electron chi connectivity index (χ0n) is 13.2. The topological polar surface area (TPSA) is 92.3 Å². The molecule has 0 aliphatic carbocycles. The second-order valence-electron chi connectivity index (χ2n) is 5.14. The minimum absolute atomic E-state index is 0.0135. The molecule has 1 amide bonds. The van der Waals surface area contributed by atoms with E-state index in [1.165, 1.54) is 31.2 Å². The minimum atomic E-state index is -3.71. The molecule has 0 aliphatic rings. The van der Waals surface area contributed by atoms with Crippen LogP contribution < -0.4 is 10.0 Å². The monoisotopic (exact) mass is 346 g/mol. The SMILES string of the molecule is CC(=O)c1ccc(S(=O)(=O)NCCC(=O)Nc2ccccc2)cc1. The van der Waals surface area contributed by atoms with Crippen LogP contribution in [-0.2, 0) is 14.8 Å². The number of anilines is 1. The lowest BCUT2D eigenvalue weighted by Gasteiger charge is -2.08. The summed E-state index contributed by atoms with van der Waals surface area (Å²) in [4.78, 5) is 23.0. The van der Waals surface area contributed by atoms with Crippen molar-refractivity contribution in [3.8, 4) is 0 Å². The van der Waals surface area contributed by atoms with Crippen LogP contribution >= 0.6 is 0 Å². The smallest absolute Gasteiger partial charge is 0.240 e. The molecule has 0 bridgehead atoms. The first-order valence-corrected chi connectivity index (χ1v) is 8.82. The number of hydrogen-bond acceptors (Lipinski definition) is 4. The van der Waals surface area contributed by atoms with Gasteiger partial charge in [0.15, 0.2) is 5.78 Å². The molecule has 24 heavy (non-hydrogen) atoms. The standard InChI is InChI=1S/C17H18N2O4S/c1-13(20)14-7-9-16(10-8-14)24(22,23)18-12-11-17(21)19-15-5-3-2-4-6-15/h2-10,18H,11-12H2,1H3,(H,19,21). The molecule has 0 heterocycles. The Labute approximate surface area is 140 Å². The Morgan fingerprint density at radius 1 is 0.958 bits per heavy atom. The fourth-order valence-electron chi connectivity index (χ4n) is 2.00. The molecule has 0 aliphatic heterocycles. The largest absolute Gasteiger partial charge is 0.326 e. The van der Waals surface area contributed by atoms with E-state index >= 15 is 0 Å². The summed E-state index contributed by atoms with van der Waals surface area (Å²) >= 11 is 0. The highest BCUT2D eigenvalue weighted by atomic mass is 32.2. The van der Waals surface area contributed by atoms with Gasteiger partial charge in [-0.3, -0.25) is 9.59 Å². The third-order valence-corrected chi connectivity index (χ3v) is 4.75. The van der Waals surface area contributed by atoms with Crippen LogP contribution in [0.3, 0.4) is 0 Å². The highest BCUT2D eigenvalue weighted by molar-refractivity contribution is 7.89. The molecular formula is C17H18N2O4S. The van der Waals surface area contributed by atoms with E-state index in [0.717, 1.165) is 0 Å². The zero-order chi connectivity index (χ0) is 17.6. The van der Waals surface area contributed by atoms with Gasteiger partial charge in [0.25, 0.3) is 0 Å². The molecule has 0 atom stereocenters. The number of para-hydroxylation sites is 1. The van der Waals surface area contributed by atoms with Gasteiger partial charge in [-0.2, -0.15) is 0 Å². The molecule has 0 fully saturated rings. The van der Waals surface area contributed by atoms with Crippen molar-refractivity contribution in [1.82, 2.24) is 4.72 Å². The lowest BCUT2D eigenvalue weighted by Crippen LogP contribution is -2.27. The van der Waals surface area contributed by atoms with Gasteiger partial charge in [0, 0.05) is 24.2 Å². The first-order chi connectivity index (χ1) is 11.4. The van der Waals surface area contributed by atoms with Crippen LogP contribution in [0.15, 0.2) is 59.5 Å². The lowest BCUT2D eigenvalue weighted by molar-refractivity contribution is -0.116.